The fraction of sp³-hybridized carbons (Fsp3) is 0.533. The summed E-state index contributed by atoms with van der Waals surface area (Å²) < 4.78 is 14.8. The number of halogens is 2. The number of carbonyl (C=O) groups excluding carboxylic acids is 1. The molecule has 0 aromatic heterocycles. The molecule has 110 valence electrons. The molecule has 1 aliphatic carbocycles. The lowest BCUT2D eigenvalue weighted by atomic mass is 9.86. The van der Waals surface area contributed by atoms with Crippen LogP contribution in [0, 0.1) is 5.82 Å². The summed E-state index contributed by atoms with van der Waals surface area (Å²) in [5.74, 6) is -0.978. The van der Waals surface area contributed by atoms with Crippen LogP contribution in [0.1, 0.15) is 44.6 Å². The highest BCUT2D eigenvalue weighted by Gasteiger charge is 2.37. The molecule has 2 rings (SSSR count). The maximum atomic E-state index is 14.2. The quantitative estimate of drug-likeness (QED) is 0.882. The van der Waals surface area contributed by atoms with Crippen molar-refractivity contribution in [3.63, 3.8) is 0 Å². The van der Waals surface area contributed by atoms with E-state index in [1.807, 2.05) is 0 Å². The largest absolute Gasteiger partial charge is 0.368 e. The number of benzene rings is 1. The van der Waals surface area contributed by atoms with Crippen molar-refractivity contribution < 1.29 is 9.18 Å². The van der Waals surface area contributed by atoms with Gasteiger partial charge in [-0.15, -0.1) is 0 Å². The molecule has 1 atom stereocenters. The zero-order valence-corrected chi connectivity index (χ0v) is 13.2. The van der Waals surface area contributed by atoms with Crippen molar-refractivity contribution in [2.24, 2.45) is 5.73 Å². The SMILES string of the molecule is CC(NC1CCCCC1)(C(N)=O)c1ccc(Br)cc1F. The van der Waals surface area contributed by atoms with Crippen LogP contribution in [0.5, 0.6) is 0 Å². The summed E-state index contributed by atoms with van der Waals surface area (Å²) in [6.07, 6.45) is 5.49. The topological polar surface area (TPSA) is 55.1 Å². The van der Waals surface area contributed by atoms with E-state index in [2.05, 4.69) is 21.2 Å². The molecular formula is C15H20BrFN2O. The fourth-order valence-corrected chi connectivity index (χ4v) is 3.16. The number of amides is 1. The monoisotopic (exact) mass is 342 g/mol. The van der Waals surface area contributed by atoms with Crippen molar-refractivity contribution in [3.8, 4) is 0 Å². The van der Waals surface area contributed by atoms with Crippen LogP contribution >= 0.6 is 15.9 Å². The number of rotatable bonds is 4. The third-order valence-electron chi connectivity index (χ3n) is 4.06. The second-order valence-corrected chi connectivity index (χ2v) is 6.51. The van der Waals surface area contributed by atoms with E-state index in [-0.39, 0.29) is 6.04 Å². The van der Waals surface area contributed by atoms with Gasteiger partial charge in [-0.1, -0.05) is 41.3 Å². The molecule has 0 saturated heterocycles. The van der Waals surface area contributed by atoms with Crippen LogP contribution in [-0.2, 0) is 10.3 Å². The van der Waals surface area contributed by atoms with E-state index in [1.54, 1.807) is 19.1 Å². The summed E-state index contributed by atoms with van der Waals surface area (Å²) in [5, 5.41) is 3.28. The smallest absolute Gasteiger partial charge is 0.242 e. The molecular weight excluding hydrogens is 323 g/mol. The van der Waals surface area contributed by atoms with Gasteiger partial charge in [-0.25, -0.2) is 4.39 Å². The second kappa shape index (κ2) is 6.22. The van der Waals surface area contributed by atoms with Gasteiger partial charge in [0, 0.05) is 16.1 Å². The van der Waals surface area contributed by atoms with E-state index >= 15 is 0 Å². The minimum Gasteiger partial charge on any atom is -0.368 e. The summed E-state index contributed by atoms with van der Waals surface area (Å²) in [6.45, 7) is 1.66. The number of primary amides is 1. The van der Waals surface area contributed by atoms with Gasteiger partial charge in [0.25, 0.3) is 0 Å². The molecule has 3 N–H and O–H groups in total. The Hall–Kier alpha value is -0.940. The van der Waals surface area contributed by atoms with Crippen LogP contribution in [0.15, 0.2) is 22.7 Å². The van der Waals surface area contributed by atoms with Crippen molar-refractivity contribution >= 4 is 21.8 Å². The van der Waals surface area contributed by atoms with Gasteiger partial charge in [0.2, 0.25) is 5.91 Å². The summed E-state index contributed by atoms with van der Waals surface area (Å²) in [6, 6.07) is 4.91. The van der Waals surface area contributed by atoms with E-state index in [0.717, 1.165) is 25.7 Å². The first-order chi connectivity index (χ1) is 9.43. The van der Waals surface area contributed by atoms with Gasteiger partial charge >= 0.3 is 0 Å². The molecule has 1 unspecified atom stereocenters. The summed E-state index contributed by atoms with van der Waals surface area (Å²) in [7, 11) is 0. The number of hydrogen-bond acceptors (Lipinski definition) is 2. The molecule has 1 amide bonds. The molecule has 5 heteroatoms. The van der Waals surface area contributed by atoms with Crippen molar-refractivity contribution in [1.82, 2.24) is 5.32 Å². The summed E-state index contributed by atoms with van der Waals surface area (Å²) in [5.41, 5.74) is 4.68. The Morgan fingerprint density at radius 2 is 2.05 bits per heavy atom. The van der Waals surface area contributed by atoms with Crippen LogP contribution in [0.25, 0.3) is 0 Å². The molecule has 1 aromatic rings. The van der Waals surface area contributed by atoms with Gasteiger partial charge in [0.05, 0.1) is 0 Å². The molecule has 0 bridgehead atoms. The predicted octanol–water partition coefficient (Wildman–Crippen LogP) is 3.21. The van der Waals surface area contributed by atoms with Gasteiger partial charge in [-0.3, -0.25) is 10.1 Å². The Kier molecular flexibility index (Phi) is 4.81. The fourth-order valence-electron chi connectivity index (χ4n) is 2.83. The van der Waals surface area contributed by atoms with Crippen LogP contribution in [0.3, 0.4) is 0 Å². The molecule has 1 saturated carbocycles. The Labute approximate surface area is 127 Å². The molecule has 1 fully saturated rings. The molecule has 1 aromatic carbocycles. The van der Waals surface area contributed by atoms with E-state index < -0.39 is 17.3 Å². The Morgan fingerprint density at radius 3 is 2.60 bits per heavy atom. The number of hydrogen-bond donors (Lipinski definition) is 2. The first-order valence-electron chi connectivity index (χ1n) is 6.96. The minimum absolute atomic E-state index is 0.212. The van der Waals surface area contributed by atoms with E-state index in [4.69, 9.17) is 5.73 Å². The summed E-state index contributed by atoms with van der Waals surface area (Å²) >= 11 is 3.22. The maximum Gasteiger partial charge on any atom is 0.242 e. The third kappa shape index (κ3) is 3.20. The van der Waals surface area contributed by atoms with Gasteiger partial charge in [-0.05, 0) is 31.9 Å². The van der Waals surface area contributed by atoms with Gasteiger partial charge in [0.1, 0.15) is 11.4 Å². The second-order valence-electron chi connectivity index (χ2n) is 5.59. The molecule has 0 heterocycles. The van der Waals surface area contributed by atoms with E-state index in [1.165, 1.54) is 12.5 Å². The van der Waals surface area contributed by atoms with Crippen molar-refractivity contribution in [2.45, 2.75) is 50.6 Å². The first kappa shape index (κ1) is 15.4. The lowest BCUT2D eigenvalue weighted by molar-refractivity contribution is -0.124. The average molecular weight is 343 g/mol. The van der Waals surface area contributed by atoms with E-state index in [9.17, 15) is 9.18 Å². The van der Waals surface area contributed by atoms with Crippen LogP contribution in [-0.4, -0.2) is 11.9 Å². The van der Waals surface area contributed by atoms with Gasteiger partial charge < -0.3 is 5.73 Å². The minimum atomic E-state index is -1.17. The number of carbonyl (C=O) groups is 1. The van der Waals surface area contributed by atoms with Gasteiger partial charge in [-0.2, -0.15) is 0 Å². The highest BCUT2D eigenvalue weighted by Crippen LogP contribution is 2.29. The first-order valence-corrected chi connectivity index (χ1v) is 7.76. The standard InChI is InChI=1S/C15H20BrFN2O/c1-15(14(18)20,19-11-5-3-2-4-6-11)12-8-7-10(16)9-13(12)17/h7-9,11,19H,2-6H2,1H3,(H2,18,20). The van der Waals surface area contributed by atoms with Crippen molar-refractivity contribution in [1.29, 1.82) is 0 Å². The highest BCUT2D eigenvalue weighted by atomic mass is 79.9. The molecule has 0 radical (unpaired) electrons. The number of nitrogens with two attached hydrogens (primary N) is 1. The van der Waals surface area contributed by atoms with Crippen molar-refractivity contribution in [3.05, 3.63) is 34.1 Å². The van der Waals surface area contributed by atoms with Crippen LogP contribution in [0.2, 0.25) is 0 Å². The Morgan fingerprint density at radius 1 is 1.40 bits per heavy atom. The van der Waals surface area contributed by atoms with Gasteiger partial charge in [0.15, 0.2) is 0 Å². The van der Waals surface area contributed by atoms with E-state index in [0.29, 0.717) is 10.0 Å². The maximum absolute atomic E-state index is 14.2. The molecule has 3 nitrogen and oxygen atoms in total. The molecule has 20 heavy (non-hydrogen) atoms. The Balaban J connectivity index is 2.30. The number of nitrogens with one attached hydrogen (secondary N) is 1. The van der Waals surface area contributed by atoms with Crippen LogP contribution in [0.4, 0.5) is 4.39 Å². The lowest BCUT2D eigenvalue weighted by Crippen LogP contribution is -2.55. The third-order valence-corrected chi connectivity index (χ3v) is 4.55. The summed E-state index contributed by atoms with van der Waals surface area (Å²) in [4.78, 5) is 11.9. The zero-order valence-electron chi connectivity index (χ0n) is 11.6. The zero-order chi connectivity index (χ0) is 14.8. The highest BCUT2D eigenvalue weighted by molar-refractivity contribution is 9.10. The molecule has 1 aliphatic rings. The molecule has 0 spiro atoms. The predicted molar refractivity (Wildman–Crippen MR) is 80.7 cm³/mol. The lowest BCUT2D eigenvalue weighted by Gasteiger charge is -2.35. The average Bonchev–Trinajstić information content (AvgIpc) is 2.39. The van der Waals surface area contributed by atoms with Crippen LogP contribution < -0.4 is 11.1 Å². The molecule has 0 aliphatic heterocycles. The van der Waals surface area contributed by atoms with Crippen molar-refractivity contribution in [2.75, 3.05) is 0 Å². The Bertz CT molecular complexity index is 503. The normalized spacial score (nSPS) is 19.6.